The van der Waals surface area contributed by atoms with Crippen LogP contribution in [0.4, 0.5) is 11.4 Å². The van der Waals surface area contributed by atoms with Crippen molar-refractivity contribution in [1.29, 1.82) is 0 Å². The average Bonchev–Trinajstić information content (AvgIpc) is 3.64. The van der Waals surface area contributed by atoms with Crippen molar-refractivity contribution in [3.8, 4) is 44.5 Å². The van der Waals surface area contributed by atoms with Crippen molar-refractivity contribution in [3.05, 3.63) is 227 Å². The first-order chi connectivity index (χ1) is 28.6. The fraction of sp³-hybridized carbons (Fsp3) is 0.0714. The summed E-state index contributed by atoms with van der Waals surface area (Å²) >= 11 is 0. The van der Waals surface area contributed by atoms with Gasteiger partial charge in [0.05, 0.1) is 11.1 Å². The van der Waals surface area contributed by atoms with Crippen molar-refractivity contribution in [2.75, 3.05) is 5.32 Å². The van der Waals surface area contributed by atoms with Crippen LogP contribution in [0.1, 0.15) is 45.9 Å². The molecule has 269 valence electrons. The highest BCUT2D eigenvalue weighted by molar-refractivity contribution is 6.70. The molecule has 13 rings (SSSR count). The molecule has 1 unspecified atom stereocenters. The number of para-hydroxylation sites is 2. The predicted octanol–water partition coefficient (Wildman–Crippen LogP) is 12.1. The van der Waals surface area contributed by atoms with Gasteiger partial charge < -0.3 is 5.32 Å². The lowest BCUT2D eigenvalue weighted by molar-refractivity contribution is 0.590. The van der Waals surface area contributed by atoms with E-state index in [0.717, 1.165) is 12.1 Å². The Morgan fingerprint density at radius 1 is 0.448 bits per heavy atom. The number of rotatable bonds is 2. The smallest absolute Gasteiger partial charge is 0.193 e. The van der Waals surface area contributed by atoms with E-state index >= 15 is 0 Å². The molecule has 0 amide bonds. The molecule has 9 aromatic rings. The van der Waals surface area contributed by atoms with Crippen LogP contribution in [0.25, 0.3) is 55.3 Å². The van der Waals surface area contributed by atoms with E-state index in [2.05, 4.69) is 208 Å². The molecule has 4 aliphatic rings. The van der Waals surface area contributed by atoms with Crippen LogP contribution in [0.3, 0.4) is 0 Å². The number of anilines is 2. The molecule has 0 bridgehead atoms. The van der Waals surface area contributed by atoms with Gasteiger partial charge in [-0.25, -0.2) is 0 Å². The van der Waals surface area contributed by atoms with Gasteiger partial charge in [-0.15, -0.1) is 0 Å². The molecule has 0 saturated carbocycles. The van der Waals surface area contributed by atoms with Crippen molar-refractivity contribution < 1.29 is 0 Å². The van der Waals surface area contributed by atoms with Crippen LogP contribution in [0.15, 0.2) is 188 Å². The Morgan fingerprint density at radius 2 is 1.07 bits per heavy atom. The third kappa shape index (κ3) is 4.12. The summed E-state index contributed by atoms with van der Waals surface area (Å²) in [7, 11) is 2.52. The molecule has 0 aromatic heterocycles. The van der Waals surface area contributed by atoms with Gasteiger partial charge in [0.2, 0.25) is 0 Å². The van der Waals surface area contributed by atoms with Crippen molar-refractivity contribution in [2.24, 2.45) is 0 Å². The lowest BCUT2D eigenvalue weighted by Gasteiger charge is -2.41. The summed E-state index contributed by atoms with van der Waals surface area (Å²) in [6, 6.07) is 70.8. The maximum absolute atomic E-state index is 4.07. The predicted molar refractivity (Wildman–Crippen MR) is 242 cm³/mol. The molecular weight excluding hydrogens is 697 g/mol. The molecule has 1 radical (unpaired) electrons. The van der Waals surface area contributed by atoms with E-state index in [4.69, 9.17) is 0 Å². The fourth-order valence-corrected chi connectivity index (χ4v) is 11.6. The monoisotopic (exact) mass is 734 g/mol. The van der Waals surface area contributed by atoms with Gasteiger partial charge in [-0.3, -0.25) is 0 Å². The van der Waals surface area contributed by atoms with Gasteiger partial charge in [0.25, 0.3) is 0 Å². The Bertz CT molecular complexity index is 3180. The second-order valence-corrected chi connectivity index (χ2v) is 16.9. The number of fused-ring (bicyclic) bond motifs is 14. The first-order valence-electron chi connectivity index (χ1n) is 20.6. The summed E-state index contributed by atoms with van der Waals surface area (Å²) in [6.07, 6.45) is 0.901. The van der Waals surface area contributed by atoms with Crippen molar-refractivity contribution in [1.82, 2.24) is 0 Å². The van der Waals surface area contributed by atoms with Gasteiger partial charge in [0, 0.05) is 16.7 Å². The van der Waals surface area contributed by atoms with Crippen molar-refractivity contribution in [2.45, 2.75) is 24.2 Å². The Hall–Kier alpha value is -6.90. The van der Waals surface area contributed by atoms with E-state index in [-0.39, 0.29) is 5.41 Å². The topological polar surface area (TPSA) is 12.0 Å². The number of benzene rings is 9. The zero-order chi connectivity index (χ0) is 38.2. The molecule has 2 aliphatic heterocycles. The van der Waals surface area contributed by atoms with Gasteiger partial charge in [-0.1, -0.05) is 187 Å². The van der Waals surface area contributed by atoms with Crippen molar-refractivity contribution >= 4 is 40.4 Å². The first-order valence-corrected chi connectivity index (χ1v) is 20.6. The largest absolute Gasteiger partial charge is 0.354 e. The van der Waals surface area contributed by atoms with Gasteiger partial charge in [0.1, 0.15) is 0 Å². The van der Waals surface area contributed by atoms with E-state index in [1.165, 1.54) is 111 Å². The molecule has 58 heavy (non-hydrogen) atoms. The average molecular weight is 735 g/mol. The number of hydrogen-bond acceptors (Lipinski definition) is 1. The minimum Gasteiger partial charge on any atom is -0.354 e. The number of hydrogen-bond donors (Lipinski definition) is 1. The Kier molecular flexibility index (Phi) is 6.44. The Labute approximate surface area is 339 Å². The summed E-state index contributed by atoms with van der Waals surface area (Å²) in [5, 5.41) is 6.67. The highest BCUT2D eigenvalue weighted by Gasteiger charge is 2.51. The molecule has 2 heteroatoms. The summed E-state index contributed by atoms with van der Waals surface area (Å²) in [5.74, 6) is 0. The molecular formula is C56H37BN. The third-order valence-electron chi connectivity index (χ3n) is 13.9. The first kappa shape index (κ1) is 32.2. The Morgan fingerprint density at radius 3 is 1.86 bits per heavy atom. The van der Waals surface area contributed by atoms with Crippen LogP contribution in [0, 0.1) is 0 Å². The molecule has 1 atom stereocenters. The zero-order valence-corrected chi connectivity index (χ0v) is 32.2. The minimum atomic E-state index is -0.467. The third-order valence-corrected chi connectivity index (χ3v) is 13.9. The molecule has 9 aromatic carbocycles. The van der Waals surface area contributed by atoms with E-state index in [9.17, 15) is 0 Å². The van der Waals surface area contributed by atoms with Gasteiger partial charge in [0.15, 0.2) is 7.28 Å². The van der Waals surface area contributed by atoms with Crippen LogP contribution in [0.2, 0.25) is 0 Å². The molecule has 1 spiro atoms. The molecule has 2 heterocycles. The second-order valence-electron chi connectivity index (χ2n) is 16.9. The van der Waals surface area contributed by atoms with Gasteiger partial charge in [-0.05, 0) is 114 Å². The van der Waals surface area contributed by atoms with E-state index in [1.54, 1.807) is 0 Å². The maximum Gasteiger partial charge on any atom is 0.193 e. The summed E-state index contributed by atoms with van der Waals surface area (Å²) in [4.78, 5) is 0. The normalized spacial score (nSPS) is 16.8. The van der Waals surface area contributed by atoms with Gasteiger partial charge >= 0.3 is 0 Å². The van der Waals surface area contributed by atoms with Crippen LogP contribution >= 0.6 is 0 Å². The second kappa shape index (κ2) is 11.6. The number of nitrogens with one attached hydrogen (secondary N) is 1. The zero-order valence-electron chi connectivity index (χ0n) is 32.2. The lowest BCUT2D eigenvalue weighted by atomic mass is 9.58. The van der Waals surface area contributed by atoms with Crippen LogP contribution in [0.5, 0.6) is 0 Å². The summed E-state index contributed by atoms with van der Waals surface area (Å²) < 4.78 is 0. The highest BCUT2D eigenvalue weighted by atomic mass is 14.9. The van der Waals surface area contributed by atoms with E-state index in [1.807, 2.05) is 0 Å². The SMILES string of the molecule is CC12Cc3cc(-c4ccccc4)cc(-c4cccc5c4Nc4ccccc4C54c5ccccc5-c5ccccc54)c3[B]c3cccc(c31)-c1cc3ccccc3cc12. The molecule has 1 nitrogen and oxygen atoms in total. The quantitative estimate of drug-likeness (QED) is 0.174. The molecule has 0 saturated heterocycles. The Balaban J connectivity index is 1.10. The fourth-order valence-electron chi connectivity index (χ4n) is 11.6. The van der Waals surface area contributed by atoms with Gasteiger partial charge in [-0.2, -0.15) is 0 Å². The molecule has 2 aliphatic carbocycles. The van der Waals surface area contributed by atoms with E-state index in [0.29, 0.717) is 0 Å². The minimum absolute atomic E-state index is 0.200. The highest BCUT2D eigenvalue weighted by Crippen LogP contribution is 2.62. The summed E-state index contributed by atoms with van der Waals surface area (Å²) in [6.45, 7) is 2.50. The molecule has 1 N–H and O–H groups in total. The maximum atomic E-state index is 4.07. The van der Waals surface area contributed by atoms with Crippen LogP contribution in [-0.2, 0) is 17.3 Å². The van der Waals surface area contributed by atoms with Crippen LogP contribution < -0.4 is 16.2 Å². The summed E-state index contributed by atoms with van der Waals surface area (Å²) in [5.41, 5.74) is 24.1. The van der Waals surface area contributed by atoms with Crippen molar-refractivity contribution in [3.63, 3.8) is 0 Å². The van der Waals surface area contributed by atoms with Crippen LogP contribution in [-0.4, -0.2) is 7.28 Å². The molecule has 0 fully saturated rings. The lowest BCUT2D eigenvalue weighted by Crippen LogP contribution is -2.34. The standard InChI is InChI=1S/C56H37BN/c1-55-33-38-29-37(34-15-3-2-4-16-34)31-44(53(38)57-50-27-14-21-41(52(50)55)43-30-35-17-5-6-18-36(35)32-49(43)55)42-22-13-26-48-54(42)58-51-28-12-11-25-47(51)56(48)45-23-9-7-19-39(45)40-20-8-10-24-46(40)56/h2-32,58H,33H2,1H3. The van der Waals surface area contributed by atoms with E-state index < -0.39 is 5.41 Å².